The third-order valence-corrected chi connectivity index (χ3v) is 2.57. The van der Waals surface area contributed by atoms with Gasteiger partial charge in [-0.15, -0.1) is 0 Å². The Kier molecular flexibility index (Phi) is 1.54. The summed E-state index contributed by atoms with van der Waals surface area (Å²) in [6, 6.07) is 0. The number of hydrogen-bond acceptors (Lipinski definition) is 3. The highest BCUT2D eigenvalue weighted by atomic mass is 16.7. The Morgan fingerprint density at radius 2 is 2.38 bits per heavy atom. The first-order valence-corrected chi connectivity index (χ1v) is 4.55. The van der Waals surface area contributed by atoms with Crippen LogP contribution in [0.5, 0.6) is 0 Å². The van der Waals surface area contributed by atoms with Gasteiger partial charge in [-0.2, -0.15) is 0 Å². The first-order valence-electron chi connectivity index (χ1n) is 4.55. The van der Waals surface area contributed by atoms with Crippen molar-refractivity contribution >= 4 is 0 Å². The number of rotatable bonds is 0. The van der Waals surface area contributed by atoms with Gasteiger partial charge in [-0.05, 0) is 18.1 Å². The molecule has 0 saturated carbocycles. The molecule has 1 saturated heterocycles. The van der Waals surface area contributed by atoms with Crippen LogP contribution in [0.25, 0.3) is 0 Å². The molecule has 0 aromatic heterocycles. The van der Waals surface area contributed by atoms with Crippen molar-refractivity contribution in [3.63, 3.8) is 0 Å². The molecule has 3 nitrogen and oxygen atoms in total. The van der Waals surface area contributed by atoms with Crippen LogP contribution in [0, 0.1) is 0 Å². The Balaban J connectivity index is 1.97. The summed E-state index contributed by atoms with van der Waals surface area (Å²) in [5.74, 6) is 0. The first-order chi connectivity index (χ1) is 6.43. The first kappa shape index (κ1) is 7.35. The van der Waals surface area contributed by atoms with E-state index in [0.717, 1.165) is 12.1 Å². The standard InChI is InChI=1S/C10H11NO2/c1-2-4-9-7(3-1)5-8-10(13-9)6-12-11-8/h1-3,5,9-11H,4,6H2. The lowest BCUT2D eigenvalue weighted by Gasteiger charge is -2.28. The maximum absolute atomic E-state index is 5.84. The van der Waals surface area contributed by atoms with Gasteiger partial charge in [-0.25, -0.2) is 0 Å². The summed E-state index contributed by atoms with van der Waals surface area (Å²) in [7, 11) is 0. The molecule has 3 aliphatic rings. The minimum atomic E-state index is 0.119. The van der Waals surface area contributed by atoms with E-state index < -0.39 is 0 Å². The number of hydrogen-bond donors (Lipinski definition) is 1. The summed E-state index contributed by atoms with van der Waals surface area (Å²) < 4.78 is 5.84. The minimum absolute atomic E-state index is 0.119. The molecule has 1 aliphatic carbocycles. The van der Waals surface area contributed by atoms with Crippen LogP contribution in [0.1, 0.15) is 6.42 Å². The second-order valence-corrected chi connectivity index (χ2v) is 3.46. The van der Waals surface area contributed by atoms with E-state index in [1.807, 2.05) is 0 Å². The van der Waals surface area contributed by atoms with Gasteiger partial charge in [0.2, 0.25) is 0 Å². The van der Waals surface area contributed by atoms with E-state index in [2.05, 4.69) is 29.8 Å². The molecule has 0 radical (unpaired) electrons. The maximum atomic E-state index is 5.84. The molecule has 0 spiro atoms. The number of nitrogens with one attached hydrogen (secondary N) is 1. The van der Waals surface area contributed by atoms with Crippen molar-refractivity contribution in [2.45, 2.75) is 18.6 Å². The molecule has 0 bridgehead atoms. The molecular formula is C10H11NO2. The highest BCUT2D eigenvalue weighted by Gasteiger charge is 2.31. The molecule has 3 heteroatoms. The van der Waals surface area contributed by atoms with Crippen LogP contribution in [-0.2, 0) is 9.57 Å². The lowest BCUT2D eigenvalue weighted by molar-refractivity contribution is 0.00493. The van der Waals surface area contributed by atoms with Gasteiger partial charge in [0, 0.05) is 0 Å². The molecule has 2 unspecified atom stereocenters. The van der Waals surface area contributed by atoms with E-state index in [4.69, 9.17) is 9.57 Å². The zero-order chi connectivity index (χ0) is 8.67. The smallest absolute Gasteiger partial charge is 0.126 e. The number of allylic oxidation sites excluding steroid dienone is 2. The van der Waals surface area contributed by atoms with Crippen LogP contribution in [0.15, 0.2) is 35.6 Å². The lowest BCUT2D eigenvalue weighted by Crippen LogP contribution is -2.30. The molecule has 0 aromatic carbocycles. The van der Waals surface area contributed by atoms with E-state index in [0.29, 0.717) is 6.61 Å². The topological polar surface area (TPSA) is 30.5 Å². The quantitative estimate of drug-likeness (QED) is 0.600. The Morgan fingerprint density at radius 3 is 3.38 bits per heavy atom. The van der Waals surface area contributed by atoms with Crippen LogP contribution < -0.4 is 5.48 Å². The zero-order valence-electron chi connectivity index (χ0n) is 7.19. The van der Waals surface area contributed by atoms with Crippen LogP contribution in [0.3, 0.4) is 0 Å². The van der Waals surface area contributed by atoms with Gasteiger partial charge in [-0.3, -0.25) is 10.3 Å². The third kappa shape index (κ3) is 1.12. The monoisotopic (exact) mass is 177 g/mol. The molecule has 68 valence electrons. The molecule has 13 heavy (non-hydrogen) atoms. The van der Waals surface area contributed by atoms with Crippen LogP contribution in [-0.4, -0.2) is 18.8 Å². The van der Waals surface area contributed by atoms with Gasteiger partial charge >= 0.3 is 0 Å². The van der Waals surface area contributed by atoms with Crippen LogP contribution in [0.4, 0.5) is 0 Å². The van der Waals surface area contributed by atoms with Gasteiger partial charge in [0.25, 0.3) is 0 Å². The summed E-state index contributed by atoms with van der Waals surface area (Å²) in [4.78, 5) is 5.11. The summed E-state index contributed by atoms with van der Waals surface area (Å²) in [5, 5.41) is 0. The summed E-state index contributed by atoms with van der Waals surface area (Å²) in [5.41, 5.74) is 5.16. The molecular weight excluding hydrogens is 166 g/mol. The molecule has 2 aliphatic heterocycles. The average molecular weight is 177 g/mol. The van der Waals surface area contributed by atoms with Gasteiger partial charge < -0.3 is 4.74 Å². The Bertz CT molecular complexity index is 317. The highest BCUT2D eigenvalue weighted by molar-refractivity contribution is 5.37. The fraction of sp³-hybridized carbons (Fsp3) is 0.400. The lowest BCUT2D eigenvalue weighted by atomic mass is 9.97. The normalized spacial score (nSPS) is 35.7. The van der Waals surface area contributed by atoms with E-state index in [9.17, 15) is 0 Å². The van der Waals surface area contributed by atoms with Crippen molar-refractivity contribution in [1.82, 2.24) is 5.48 Å². The Labute approximate surface area is 76.7 Å². The minimum Gasteiger partial charge on any atom is -0.361 e. The number of ether oxygens (including phenoxy) is 1. The molecule has 2 heterocycles. The van der Waals surface area contributed by atoms with Crippen molar-refractivity contribution in [1.29, 1.82) is 0 Å². The summed E-state index contributed by atoms with van der Waals surface area (Å²) >= 11 is 0. The fourth-order valence-corrected chi connectivity index (χ4v) is 1.87. The number of hydroxylamine groups is 1. The average Bonchev–Trinajstić information content (AvgIpc) is 2.61. The molecule has 2 atom stereocenters. The van der Waals surface area contributed by atoms with Gasteiger partial charge in [0.15, 0.2) is 0 Å². The summed E-state index contributed by atoms with van der Waals surface area (Å²) in [6.45, 7) is 0.624. The second kappa shape index (κ2) is 2.72. The molecule has 1 N–H and O–H groups in total. The van der Waals surface area contributed by atoms with E-state index in [1.165, 1.54) is 5.57 Å². The van der Waals surface area contributed by atoms with Gasteiger partial charge in [0.05, 0.1) is 11.8 Å². The van der Waals surface area contributed by atoms with Crippen molar-refractivity contribution in [2.24, 2.45) is 0 Å². The van der Waals surface area contributed by atoms with E-state index in [-0.39, 0.29) is 12.2 Å². The number of fused-ring (bicyclic) bond motifs is 2. The van der Waals surface area contributed by atoms with E-state index in [1.54, 1.807) is 0 Å². The zero-order valence-corrected chi connectivity index (χ0v) is 7.19. The van der Waals surface area contributed by atoms with Crippen molar-refractivity contribution in [3.8, 4) is 0 Å². The predicted molar refractivity (Wildman–Crippen MR) is 47.7 cm³/mol. The van der Waals surface area contributed by atoms with Gasteiger partial charge in [-0.1, -0.05) is 18.2 Å². The summed E-state index contributed by atoms with van der Waals surface area (Å²) in [6.07, 6.45) is 9.77. The highest BCUT2D eigenvalue weighted by Crippen LogP contribution is 2.29. The van der Waals surface area contributed by atoms with E-state index >= 15 is 0 Å². The van der Waals surface area contributed by atoms with Gasteiger partial charge in [0.1, 0.15) is 12.7 Å². The Hall–Kier alpha value is -1.06. The SMILES string of the molecule is C1=CCC2OC3CONC3=CC2=C1. The molecule has 1 fully saturated rings. The largest absolute Gasteiger partial charge is 0.361 e. The van der Waals surface area contributed by atoms with Crippen molar-refractivity contribution < 1.29 is 9.57 Å². The van der Waals surface area contributed by atoms with Crippen molar-refractivity contribution in [3.05, 3.63) is 35.6 Å². The second-order valence-electron chi connectivity index (χ2n) is 3.46. The fourth-order valence-electron chi connectivity index (χ4n) is 1.87. The van der Waals surface area contributed by atoms with Crippen LogP contribution >= 0.6 is 0 Å². The molecule has 3 rings (SSSR count). The maximum Gasteiger partial charge on any atom is 0.126 e. The molecule has 0 amide bonds. The third-order valence-electron chi connectivity index (χ3n) is 2.57. The van der Waals surface area contributed by atoms with Crippen LogP contribution in [0.2, 0.25) is 0 Å². The van der Waals surface area contributed by atoms with Crippen molar-refractivity contribution in [2.75, 3.05) is 6.61 Å². The molecule has 0 aromatic rings. The predicted octanol–water partition coefficient (Wildman–Crippen LogP) is 1.06. The Morgan fingerprint density at radius 1 is 1.38 bits per heavy atom.